The molecule has 4 atom stereocenters. The number of nitrogens with two attached hydrogens (primary N) is 3. The number of hydrogen-bond donors (Lipinski definition) is 9. The van der Waals surface area contributed by atoms with E-state index in [4.69, 9.17) is 17.2 Å². The zero-order valence-corrected chi connectivity index (χ0v) is 20.1. The fraction of sp³-hybridized carbons (Fsp3) is 0.722. The Bertz CT molecular complexity index is 674. The lowest BCUT2D eigenvalue weighted by atomic mass is 10.0. The first-order valence-corrected chi connectivity index (χ1v) is 11.4. The zero-order valence-electron chi connectivity index (χ0n) is 18.3. The van der Waals surface area contributed by atoms with E-state index in [0.717, 1.165) is 0 Å². The summed E-state index contributed by atoms with van der Waals surface area (Å²) in [6.45, 7) is 3.88. The molecule has 12 nitrogen and oxygen atoms in total. The molecule has 184 valence electrons. The standard InChI is InChI=1S/C18H35N7O5S2/c1-9(2)6-12(17(29)30)24-16(28)13(8-32)25-15(27)11(4-3-5-22-18(20)21)23-14(26)10(19)7-31/h9-13,31-32H,3-8,19H2,1-2H3,(H,23,26)(H,24,28)(H,25,27)(H,29,30)(H4,20,21,22). The van der Waals surface area contributed by atoms with E-state index in [0.29, 0.717) is 6.42 Å². The minimum absolute atomic E-state index is 0.0290. The number of carboxylic acids is 1. The van der Waals surface area contributed by atoms with Crippen molar-refractivity contribution in [2.24, 2.45) is 28.1 Å². The predicted molar refractivity (Wildman–Crippen MR) is 128 cm³/mol. The lowest BCUT2D eigenvalue weighted by Crippen LogP contribution is -2.57. The predicted octanol–water partition coefficient (Wildman–Crippen LogP) is -2.19. The van der Waals surface area contributed by atoms with Gasteiger partial charge in [0.05, 0.1) is 6.04 Å². The van der Waals surface area contributed by atoms with Crippen molar-refractivity contribution in [3.63, 3.8) is 0 Å². The first-order valence-electron chi connectivity index (χ1n) is 10.1. The third-order valence-electron chi connectivity index (χ3n) is 4.25. The van der Waals surface area contributed by atoms with Crippen molar-refractivity contribution in [2.45, 2.75) is 57.3 Å². The average molecular weight is 494 g/mol. The Morgan fingerprint density at radius 3 is 1.91 bits per heavy atom. The molecule has 3 amide bonds. The number of amides is 3. The molecule has 14 heteroatoms. The number of carboxylic acid groups (broad SMARTS) is 1. The molecule has 0 saturated heterocycles. The molecule has 0 aromatic heterocycles. The van der Waals surface area contributed by atoms with Crippen LogP contribution in [0.4, 0.5) is 0 Å². The SMILES string of the molecule is CC(C)CC(NC(=O)C(CS)NC(=O)C(CCCN=C(N)N)NC(=O)C(N)CS)C(=O)O. The molecule has 32 heavy (non-hydrogen) atoms. The van der Waals surface area contributed by atoms with Gasteiger partial charge in [-0.2, -0.15) is 25.3 Å². The summed E-state index contributed by atoms with van der Waals surface area (Å²) in [6, 6.07) is -4.17. The molecular weight excluding hydrogens is 458 g/mol. The highest BCUT2D eigenvalue weighted by atomic mass is 32.1. The van der Waals surface area contributed by atoms with Gasteiger partial charge in [0.15, 0.2) is 5.96 Å². The van der Waals surface area contributed by atoms with Gasteiger partial charge in [0, 0.05) is 18.1 Å². The van der Waals surface area contributed by atoms with Crippen LogP contribution in [0.15, 0.2) is 4.99 Å². The molecule has 0 bridgehead atoms. The second-order valence-corrected chi connectivity index (χ2v) is 8.30. The highest BCUT2D eigenvalue weighted by Gasteiger charge is 2.29. The van der Waals surface area contributed by atoms with Gasteiger partial charge in [-0.15, -0.1) is 0 Å². The van der Waals surface area contributed by atoms with Gasteiger partial charge < -0.3 is 38.3 Å². The van der Waals surface area contributed by atoms with Crippen molar-refractivity contribution in [1.82, 2.24) is 16.0 Å². The first kappa shape index (κ1) is 29.8. The van der Waals surface area contributed by atoms with E-state index in [-0.39, 0.29) is 42.8 Å². The van der Waals surface area contributed by atoms with Crippen molar-refractivity contribution < 1.29 is 24.3 Å². The van der Waals surface area contributed by atoms with Gasteiger partial charge in [-0.25, -0.2) is 4.79 Å². The molecule has 0 rings (SSSR count). The molecule has 0 aliphatic heterocycles. The van der Waals surface area contributed by atoms with Gasteiger partial charge in [-0.05, 0) is 25.2 Å². The highest BCUT2D eigenvalue weighted by Crippen LogP contribution is 2.06. The van der Waals surface area contributed by atoms with Crippen LogP contribution < -0.4 is 33.2 Å². The third kappa shape index (κ3) is 12.0. The molecule has 0 fully saturated rings. The summed E-state index contributed by atoms with van der Waals surface area (Å²) in [5.74, 6) is -3.20. The first-order chi connectivity index (χ1) is 14.9. The maximum Gasteiger partial charge on any atom is 0.326 e. The van der Waals surface area contributed by atoms with Crippen molar-refractivity contribution >= 4 is 54.9 Å². The molecule has 4 unspecified atom stereocenters. The Morgan fingerprint density at radius 2 is 1.44 bits per heavy atom. The normalized spacial score (nSPS) is 14.6. The number of hydrogen-bond acceptors (Lipinski definition) is 8. The van der Waals surface area contributed by atoms with Crippen LogP contribution in [0.1, 0.15) is 33.1 Å². The lowest BCUT2D eigenvalue weighted by Gasteiger charge is -2.24. The van der Waals surface area contributed by atoms with Crippen LogP contribution in [0, 0.1) is 5.92 Å². The Labute approximate surface area is 198 Å². The highest BCUT2D eigenvalue weighted by molar-refractivity contribution is 7.80. The quantitative estimate of drug-likeness (QED) is 0.0527. The number of nitrogens with zero attached hydrogens (tertiary/aromatic N) is 1. The molecule has 10 N–H and O–H groups in total. The molecule has 0 heterocycles. The van der Waals surface area contributed by atoms with Crippen molar-refractivity contribution in [2.75, 3.05) is 18.1 Å². The Kier molecular flexibility index (Phi) is 14.5. The van der Waals surface area contributed by atoms with Gasteiger partial charge in [0.1, 0.15) is 18.1 Å². The van der Waals surface area contributed by atoms with Crippen LogP contribution in [-0.4, -0.2) is 77.0 Å². The summed E-state index contributed by atoms with van der Waals surface area (Å²) in [5.41, 5.74) is 16.2. The van der Waals surface area contributed by atoms with Crippen LogP contribution in [0.3, 0.4) is 0 Å². The van der Waals surface area contributed by atoms with Crippen LogP contribution in [0.25, 0.3) is 0 Å². The van der Waals surface area contributed by atoms with E-state index in [1.165, 1.54) is 0 Å². The van der Waals surface area contributed by atoms with Crippen molar-refractivity contribution in [3.8, 4) is 0 Å². The minimum atomic E-state index is -1.18. The molecular formula is C18H35N7O5S2. The fourth-order valence-electron chi connectivity index (χ4n) is 2.57. The smallest absolute Gasteiger partial charge is 0.326 e. The van der Waals surface area contributed by atoms with E-state index in [1.807, 2.05) is 13.8 Å². The maximum atomic E-state index is 12.8. The van der Waals surface area contributed by atoms with Crippen LogP contribution in [0.2, 0.25) is 0 Å². The van der Waals surface area contributed by atoms with E-state index in [1.54, 1.807) is 0 Å². The summed E-state index contributed by atoms with van der Waals surface area (Å²) in [6.07, 6.45) is 0.749. The third-order valence-corrected chi connectivity index (χ3v) is 5.01. The largest absolute Gasteiger partial charge is 0.480 e. The van der Waals surface area contributed by atoms with E-state index in [2.05, 4.69) is 46.2 Å². The molecule has 0 aliphatic carbocycles. The number of aliphatic imine (C=N–C) groups is 1. The van der Waals surface area contributed by atoms with Crippen LogP contribution in [0.5, 0.6) is 0 Å². The molecule has 0 aromatic rings. The number of guanidine groups is 1. The summed E-state index contributed by atoms with van der Waals surface area (Å²) in [7, 11) is 0. The summed E-state index contributed by atoms with van der Waals surface area (Å²) >= 11 is 8.05. The summed E-state index contributed by atoms with van der Waals surface area (Å²) in [5, 5.41) is 16.7. The second-order valence-electron chi connectivity index (χ2n) is 7.57. The fourth-order valence-corrected chi connectivity index (χ4v) is 2.99. The molecule has 0 aliphatic rings. The topological polar surface area (TPSA) is 215 Å². The number of rotatable bonds is 15. The Balaban J connectivity index is 5.26. The summed E-state index contributed by atoms with van der Waals surface area (Å²) in [4.78, 5) is 52.7. The average Bonchev–Trinajstić information content (AvgIpc) is 2.71. The van der Waals surface area contributed by atoms with Gasteiger partial charge in [-0.1, -0.05) is 13.8 Å². The Hall–Kier alpha value is -2.19. The van der Waals surface area contributed by atoms with E-state index >= 15 is 0 Å². The zero-order chi connectivity index (χ0) is 24.8. The van der Waals surface area contributed by atoms with Crippen molar-refractivity contribution in [1.29, 1.82) is 0 Å². The van der Waals surface area contributed by atoms with E-state index in [9.17, 15) is 24.3 Å². The van der Waals surface area contributed by atoms with Gasteiger partial charge in [0.2, 0.25) is 17.7 Å². The maximum absolute atomic E-state index is 12.8. The van der Waals surface area contributed by atoms with Crippen molar-refractivity contribution in [3.05, 3.63) is 0 Å². The molecule has 0 spiro atoms. The Morgan fingerprint density at radius 1 is 0.906 bits per heavy atom. The number of carbonyl (C=O) groups is 4. The van der Waals surface area contributed by atoms with Crippen LogP contribution >= 0.6 is 25.3 Å². The number of aliphatic carboxylic acids is 1. The summed E-state index contributed by atoms with van der Waals surface area (Å²) < 4.78 is 0. The van der Waals surface area contributed by atoms with Gasteiger partial charge >= 0.3 is 5.97 Å². The minimum Gasteiger partial charge on any atom is -0.480 e. The number of thiol groups is 2. The van der Waals surface area contributed by atoms with E-state index < -0.39 is 47.9 Å². The van der Waals surface area contributed by atoms with Gasteiger partial charge in [-0.3, -0.25) is 19.4 Å². The molecule has 0 radical (unpaired) electrons. The number of nitrogens with one attached hydrogen (secondary N) is 3. The molecule has 0 saturated carbocycles. The number of carbonyl (C=O) groups excluding carboxylic acids is 3. The van der Waals surface area contributed by atoms with Crippen LogP contribution in [-0.2, 0) is 19.2 Å². The lowest BCUT2D eigenvalue weighted by molar-refractivity contribution is -0.142. The monoisotopic (exact) mass is 493 g/mol. The van der Waals surface area contributed by atoms with Gasteiger partial charge in [0.25, 0.3) is 0 Å². The second kappa shape index (κ2) is 15.6. The molecule has 0 aromatic carbocycles.